The van der Waals surface area contributed by atoms with Gasteiger partial charge in [0.15, 0.2) is 0 Å². The molecule has 1 heterocycles. The number of hydrogen-bond acceptors (Lipinski definition) is 1. The highest BCUT2D eigenvalue weighted by Gasteiger charge is 2.36. The van der Waals surface area contributed by atoms with Crippen LogP contribution >= 0.6 is 0 Å². The fraction of sp³-hybridized carbons (Fsp3) is 0.800. The topological polar surface area (TPSA) is 28.7 Å². The van der Waals surface area contributed by atoms with Crippen LogP contribution in [-0.2, 0) is 0 Å². The van der Waals surface area contributed by atoms with Gasteiger partial charge in [-0.15, -0.1) is 0 Å². The summed E-state index contributed by atoms with van der Waals surface area (Å²) >= 11 is 0. The average Bonchev–Trinajstić information content (AvgIpc) is 2.90. The van der Waals surface area contributed by atoms with Crippen molar-refractivity contribution in [2.45, 2.75) is 70.6 Å². The van der Waals surface area contributed by atoms with Crippen molar-refractivity contribution in [1.82, 2.24) is 10.2 Å². The molecule has 2 fully saturated rings. The largest absolute Gasteiger partial charge is 0.282 e. The van der Waals surface area contributed by atoms with E-state index in [1.54, 1.807) is 0 Å². The third-order valence-electron chi connectivity index (χ3n) is 4.74. The Balaban J connectivity index is 1.68. The molecule has 2 unspecified atom stereocenters. The number of nitrogens with one attached hydrogen (secondary N) is 1. The van der Waals surface area contributed by atoms with Crippen LogP contribution in [-0.4, -0.2) is 10.2 Å². The number of aromatic amines is 1. The summed E-state index contributed by atoms with van der Waals surface area (Å²) in [7, 11) is 0. The van der Waals surface area contributed by atoms with Crippen LogP contribution in [0.4, 0.5) is 0 Å². The molecule has 2 aliphatic carbocycles. The molecule has 0 spiro atoms. The average molecular weight is 232 g/mol. The van der Waals surface area contributed by atoms with Crippen molar-refractivity contribution in [3.05, 3.63) is 17.5 Å². The molecule has 3 rings (SSSR count). The molecule has 1 aromatic heterocycles. The summed E-state index contributed by atoms with van der Waals surface area (Å²) in [4.78, 5) is 0. The van der Waals surface area contributed by atoms with Crippen molar-refractivity contribution >= 4 is 0 Å². The molecule has 2 nitrogen and oxygen atoms in total. The summed E-state index contributed by atoms with van der Waals surface area (Å²) in [6.07, 6.45) is 9.48. The van der Waals surface area contributed by atoms with Gasteiger partial charge in [0.1, 0.15) is 0 Å². The lowest BCUT2D eigenvalue weighted by Crippen LogP contribution is -2.10. The molecule has 2 atom stereocenters. The normalized spacial score (nSPS) is 33.2. The van der Waals surface area contributed by atoms with Crippen LogP contribution in [0.5, 0.6) is 0 Å². The Kier molecular flexibility index (Phi) is 2.76. The van der Waals surface area contributed by atoms with Gasteiger partial charge < -0.3 is 0 Å². The Bertz CT molecular complexity index is 391. The molecule has 2 aliphatic rings. The van der Waals surface area contributed by atoms with Crippen LogP contribution in [0.25, 0.3) is 0 Å². The first kappa shape index (κ1) is 11.3. The van der Waals surface area contributed by atoms with E-state index >= 15 is 0 Å². The van der Waals surface area contributed by atoms with Gasteiger partial charge in [-0.05, 0) is 50.0 Å². The van der Waals surface area contributed by atoms with Crippen molar-refractivity contribution in [1.29, 1.82) is 0 Å². The first-order valence-electron chi connectivity index (χ1n) is 7.25. The van der Waals surface area contributed by atoms with Crippen molar-refractivity contribution in [3.63, 3.8) is 0 Å². The Labute approximate surface area is 104 Å². The Morgan fingerprint density at radius 3 is 2.88 bits per heavy atom. The zero-order valence-corrected chi connectivity index (χ0v) is 11.1. The minimum atomic E-state index is 0.581. The highest BCUT2D eigenvalue weighted by Crippen LogP contribution is 2.49. The zero-order chi connectivity index (χ0) is 11.9. The second-order valence-corrected chi connectivity index (χ2v) is 6.52. The molecule has 0 bridgehead atoms. The highest BCUT2D eigenvalue weighted by molar-refractivity contribution is 5.21. The first-order chi connectivity index (χ1) is 8.20. The van der Waals surface area contributed by atoms with E-state index in [1.165, 1.54) is 56.3 Å². The fourth-order valence-corrected chi connectivity index (χ4v) is 3.57. The van der Waals surface area contributed by atoms with Gasteiger partial charge in [0.2, 0.25) is 0 Å². The molecule has 0 radical (unpaired) electrons. The van der Waals surface area contributed by atoms with E-state index in [0.29, 0.717) is 5.41 Å². The Morgan fingerprint density at radius 1 is 1.35 bits per heavy atom. The molecule has 0 amide bonds. The molecule has 0 aliphatic heterocycles. The number of nitrogens with zero attached hydrogens (tertiary/aromatic N) is 1. The van der Waals surface area contributed by atoms with Gasteiger partial charge in [0, 0.05) is 17.5 Å². The molecule has 1 aromatic rings. The van der Waals surface area contributed by atoms with E-state index in [1.807, 2.05) is 0 Å². The van der Waals surface area contributed by atoms with E-state index in [-0.39, 0.29) is 0 Å². The summed E-state index contributed by atoms with van der Waals surface area (Å²) in [5, 5.41) is 7.81. The summed E-state index contributed by atoms with van der Waals surface area (Å²) in [5.74, 6) is 1.52. The first-order valence-corrected chi connectivity index (χ1v) is 7.25. The van der Waals surface area contributed by atoms with E-state index < -0.39 is 0 Å². The van der Waals surface area contributed by atoms with Gasteiger partial charge in [0.25, 0.3) is 0 Å². The summed E-state index contributed by atoms with van der Waals surface area (Å²) in [5.41, 5.74) is 3.31. The van der Waals surface area contributed by atoms with Crippen LogP contribution in [0.2, 0.25) is 0 Å². The summed E-state index contributed by atoms with van der Waals surface area (Å²) < 4.78 is 0. The minimum Gasteiger partial charge on any atom is -0.282 e. The van der Waals surface area contributed by atoms with Gasteiger partial charge in [-0.1, -0.05) is 20.3 Å². The second kappa shape index (κ2) is 4.15. The number of rotatable bonds is 4. The number of H-pyrrole nitrogens is 1. The maximum atomic E-state index is 4.56. The highest BCUT2D eigenvalue weighted by atomic mass is 15.1. The smallest absolute Gasteiger partial charge is 0.0656 e. The minimum absolute atomic E-state index is 0.581. The molecular weight excluding hydrogens is 208 g/mol. The second-order valence-electron chi connectivity index (χ2n) is 6.52. The van der Waals surface area contributed by atoms with Crippen LogP contribution in [0.1, 0.15) is 82.0 Å². The molecule has 2 saturated carbocycles. The quantitative estimate of drug-likeness (QED) is 0.821. The van der Waals surface area contributed by atoms with Crippen LogP contribution in [0, 0.1) is 5.41 Å². The lowest BCUT2D eigenvalue weighted by molar-refractivity contribution is 0.300. The van der Waals surface area contributed by atoms with Gasteiger partial charge in [-0.2, -0.15) is 5.10 Å². The molecular formula is C15H24N2. The standard InChI is InChI=1S/C15H24N2/c1-3-7-15(2)8-6-12(10-15)14-9-13(16-17-14)11-4-5-11/h9,11-12H,3-8,10H2,1-2H3,(H,16,17). The SMILES string of the molecule is CCCC1(C)CCC(c2cc(C3CC3)[nH]n2)C1. The lowest BCUT2D eigenvalue weighted by atomic mass is 9.83. The number of aromatic nitrogens is 2. The summed E-state index contributed by atoms with van der Waals surface area (Å²) in [6, 6.07) is 2.35. The predicted molar refractivity (Wildman–Crippen MR) is 70.2 cm³/mol. The van der Waals surface area contributed by atoms with Crippen molar-refractivity contribution in [2.75, 3.05) is 0 Å². The van der Waals surface area contributed by atoms with Gasteiger partial charge in [0.05, 0.1) is 5.69 Å². The molecule has 17 heavy (non-hydrogen) atoms. The van der Waals surface area contributed by atoms with Gasteiger partial charge in [-0.3, -0.25) is 5.10 Å². The molecule has 2 heteroatoms. The van der Waals surface area contributed by atoms with Gasteiger partial charge >= 0.3 is 0 Å². The predicted octanol–water partition coefficient (Wildman–Crippen LogP) is 4.36. The van der Waals surface area contributed by atoms with Gasteiger partial charge in [-0.25, -0.2) is 0 Å². The fourth-order valence-electron chi connectivity index (χ4n) is 3.57. The van der Waals surface area contributed by atoms with Crippen molar-refractivity contribution in [3.8, 4) is 0 Å². The molecule has 1 N–H and O–H groups in total. The number of hydrogen-bond donors (Lipinski definition) is 1. The monoisotopic (exact) mass is 232 g/mol. The molecule has 0 saturated heterocycles. The van der Waals surface area contributed by atoms with Crippen LogP contribution in [0.3, 0.4) is 0 Å². The Morgan fingerprint density at radius 2 is 2.18 bits per heavy atom. The van der Waals surface area contributed by atoms with E-state index in [0.717, 1.165) is 11.8 Å². The third kappa shape index (κ3) is 2.27. The molecule has 0 aromatic carbocycles. The van der Waals surface area contributed by atoms with E-state index in [4.69, 9.17) is 0 Å². The molecule has 94 valence electrons. The van der Waals surface area contributed by atoms with Crippen LogP contribution < -0.4 is 0 Å². The summed E-state index contributed by atoms with van der Waals surface area (Å²) in [6.45, 7) is 4.77. The third-order valence-corrected chi connectivity index (χ3v) is 4.74. The Hall–Kier alpha value is -0.790. The maximum Gasteiger partial charge on any atom is 0.0656 e. The lowest BCUT2D eigenvalue weighted by Gasteiger charge is -2.22. The van der Waals surface area contributed by atoms with Crippen molar-refractivity contribution < 1.29 is 0 Å². The van der Waals surface area contributed by atoms with Crippen molar-refractivity contribution in [2.24, 2.45) is 5.41 Å². The van der Waals surface area contributed by atoms with E-state index in [2.05, 4.69) is 30.1 Å². The zero-order valence-electron chi connectivity index (χ0n) is 11.1. The van der Waals surface area contributed by atoms with Crippen LogP contribution in [0.15, 0.2) is 6.07 Å². The maximum absolute atomic E-state index is 4.56. The van der Waals surface area contributed by atoms with E-state index in [9.17, 15) is 0 Å².